The van der Waals surface area contributed by atoms with Gasteiger partial charge in [0.25, 0.3) is 0 Å². The van der Waals surface area contributed by atoms with E-state index in [1.54, 1.807) is 42.4 Å². The summed E-state index contributed by atoms with van der Waals surface area (Å²) in [4.78, 5) is 40.4. The van der Waals surface area contributed by atoms with E-state index in [1.807, 2.05) is 24.9 Å². The summed E-state index contributed by atoms with van der Waals surface area (Å²) in [6, 6.07) is 8.37. The van der Waals surface area contributed by atoms with Crippen molar-refractivity contribution in [1.29, 1.82) is 5.26 Å². The Morgan fingerprint density at radius 1 is 1.18 bits per heavy atom. The minimum absolute atomic E-state index is 0.0600. The number of nitriles is 1. The minimum Gasteiger partial charge on any atom is -0.460 e. The number of nitrogens with zero attached hydrogens (tertiary/aromatic N) is 7. The first kappa shape index (κ1) is 31.1. The van der Waals surface area contributed by atoms with Crippen molar-refractivity contribution < 1.29 is 34.4 Å². The van der Waals surface area contributed by atoms with Gasteiger partial charge in [-0.25, -0.2) is 14.8 Å². The van der Waals surface area contributed by atoms with E-state index in [1.165, 1.54) is 15.8 Å². The molecule has 5 rings (SSSR count). The van der Waals surface area contributed by atoms with Crippen molar-refractivity contribution in [3.8, 4) is 11.8 Å². The highest BCUT2D eigenvalue weighted by Gasteiger charge is 2.39. The van der Waals surface area contributed by atoms with Crippen LogP contribution < -0.4 is 14.5 Å². The molecule has 2 aliphatic heterocycles. The second-order valence-electron chi connectivity index (χ2n) is 11.4. The predicted molar refractivity (Wildman–Crippen MR) is 159 cm³/mol. The Bertz CT molecular complexity index is 1570. The number of aliphatic hydroxyl groups is 3. The second-order valence-corrected chi connectivity index (χ2v) is 11.4. The number of amides is 2. The molecule has 2 saturated heterocycles. The predicted octanol–water partition coefficient (Wildman–Crippen LogP) is 1.25. The molecule has 0 bridgehead atoms. The van der Waals surface area contributed by atoms with Gasteiger partial charge in [-0.05, 0) is 43.0 Å². The average Bonchev–Trinajstić information content (AvgIpc) is 3.45. The number of benzene rings is 1. The van der Waals surface area contributed by atoms with Crippen molar-refractivity contribution in [1.82, 2.24) is 19.4 Å². The van der Waals surface area contributed by atoms with Gasteiger partial charge in [-0.1, -0.05) is 13.0 Å². The number of aromatic nitrogens is 3. The smallest absolute Gasteiger partial charge is 0.334 e. The molecule has 0 aliphatic carbocycles. The van der Waals surface area contributed by atoms with Gasteiger partial charge >= 0.3 is 6.03 Å². The lowest BCUT2D eigenvalue weighted by molar-refractivity contribution is -0.241. The Kier molecular flexibility index (Phi) is 9.02. The summed E-state index contributed by atoms with van der Waals surface area (Å²) in [5.41, 5.74) is 1.62. The third-order valence-corrected chi connectivity index (χ3v) is 8.46. The number of anilines is 2. The zero-order valence-electron chi connectivity index (χ0n) is 25.1. The molecule has 4 heterocycles. The monoisotopic (exact) mass is 607 g/mol. The van der Waals surface area contributed by atoms with Gasteiger partial charge in [-0.3, -0.25) is 14.3 Å². The number of aryl methyl sites for hydroxylation is 1. The molecule has 2 aliphatic rings. The lowest BCUT2D eigenvalue weighted by atomic mass is 9.92. The van der Waals surface area contributed by atoms with Gasteiger partial charge in [0.15, 0.2) is 5.65 Å². The minimum atomic E-state index is -1.50. The summed E-state index contributed by atoms with van der Waals surface area (Å²) in [6.45, 7) is 4.81. The Labute approximate surface area is 254 Å². The fourth-order valence-electron chi connectivity index (χ4n) is 5.75. The molecule has 2 fully saturated rings. The molecular formula is C30H37N7O7. The quantitative estimate of drug-likeness (QED) is 0.367. The highest BCUT2D eigenvalue weighted by molar-refractivity contribution is 6.01. The topological polar surface area (TPSA) is 178 Å². The van der Waals surface area contributed by atoms with E-state index in [-0.39, 0.29) is 36.6 Å². The van der Waals surface area contributed by atoms with E-state index < -0.39 is 30.6 Å². The highest BCUT2D eigenvalue weighted by Crippen LogP contribution is 2.34. The molecule has 1 aromatic carbocycles. The lowest BCUT2D eigenvalue weighted by Gasteiger charge is -2.42. The van der Waals surface area contributed by atoms with Crippen LogP contribution in [-0.2, 0) is 9.53 Å². The molecule has 3 aromatic rings. The fraction of sp³-hybridized carbons (Fsp3) is 0.500. The van der Waals surface area contributed by atoms with Gasteiger partial charge < -0.3 is 34.6 Å². The number of hydrogen-bond acceptors (Lipinski definition) is 11. The number of aliphatic hydroxyl groups excluding tert-OH is 3. The Morgan fingerprint density at radius 3 is 2.70 bits per heavy atom. The number of fused-ring (bicyclic) bond motifs is 1. The standard InChI is InChI=1S/C30H37N7O7/c1-17-5-6-23(44-29-26(41)25(40)22(38)15-43-29)20(13-17)35(4)30(42)37-12-9-19-27(32-16-33-28(19)37)34(3)21-14-36(11-8-18(21)2)24(39)7-10-31/h5-6,9,12-13,16,18,21-22,25-26,29,38,40-41H,7-8,11,14-15H2,1-4H3/t18-,21?,22-,25+,26-,29+/m1/s1. The molecular weight excluding hydrogens is 570 g/mol. The number of carbonyl (C=O) groups excluding carboxylic acids is 2. The van der Waals surface area contributed by atoms with E-state index in [0.29, 0.717) is 35.6 Å². The molecule has 14 heteroatoms. The number of carbonyl (C=O) groups is 2. The van der Waals surface area contributed by atoms with Gasteiger partial charge in [0.1, 0.15) is 42.6 Å². The molecule has 0 saturated carbocycles. The molecule has 6 atom stereocenters. The van der Waals surface area contributed by atoms with E-state index in [9.17, 15) is 24.9 Å². The van der Waals surface area contributed by atoms with Crippen molar-refractivity contribution in [2.24, 2.45) is 5.92 Å². The SMILES string of the molecule is Cc1ccc(O[C@@H]2OC[C@@H](O)[C@H](O)[C@H]2O)c(N(C)C(=O)n2ccc3c(N(C)C4CN(C(=O)CC#N)CC[C@H]4C)ncnc32)c1. The van der Waals surface area contributed by atoms with Crippen LogP contribution in [0.5, 0.6) is 5.75 Å². The molecule has 44 heavy (non-hydrogen) atoms. The van der Waals surface area contributed by atoms with E-state index in [2.05, 4.69) is 16.9 Å². The third kappa shape index (κ3) is 5.91. The highest BCUT2D eigenvalue weighted by atomic mass is 16.7. The zero-order valence-corrected chi connectivity index (χ0v) is 25.1. The number of piperidine rings is 1. The lowest BCUT2D eigenvalue weighted by Crippen LogP contribution is -2.54. The van der Waals surface area contributed by atoms with Crippen molar-refractivity contribution in [2.45, 2.75) is 57.3 Å². The Morgan fingerprint density at radius 2 is 1.95 bits per heavy atom. The first-order valence-electron chi connectivity index (χ1n) is 14.4. The van der Waals surface area contributed by atoms with Crippen molar-refractivity contribution in [3.05, 3.63) is 42.4 Å². The van der Waals surface area contributed by atoms with Gasteiger partial charge in [0, 0.05) is 33.4 Å². The average molecular weight is 608 g/mol. The number of likely N-dealkylation sites (tertiary alicyclic amines) is 1. The van der Waals surface area contributed by atoms with E-state index in [0.717, 1.165) is 12.0 Å². The molecule has 2 amide bonds. The summed E-state index contributed by atoms with van der Waals surface area (Å²) in [5, 5.41) is 39.9. The number of likely N-dealkylation sites (N-methyl/N-ethyl adjacent to an activating group) is 1. The van der Waals surface area contributed by atoms with Gasteiger partial charge in [0.2, 0.25) is 12.2 Å². The Hall–Kier alpha value is -4.29. The molecule has 14 nitrogen and oxygen atoms in total. The summed E-state index contributed by atoms with van der Waals surface area (Å²) in [5.74, 6) is 0.900. The van der Waals surface area contributed by atoms with Crippen molar-refractivity contribution >= 4 is 34.5 Å². The molecule has 3 N–H and O–H groups in total. The van der Waals surface area contributed by atoms with Crippen molar-refractivity contribution in [2.75, 3.05) is 43.6 Å². The second kappa shape index (κ2) is 12.7. The maximum atomic E-state index is 13.9. The largest absolute Gasteiger partial charge is 0.460 e. The van der Waals surface area contributed by atoms with Crippen LogP contribution in [0.2, 0.25) is 0 Å². The van der Waals surface area contributed by atoms with Crippen LogP contribution in [0.3, 0.4) is 0 Å². The van der Waals surface area contributed by atoms with E-state index in [4.69, 9.17) is 14.7 Å². The maximum Gasteiger partial charge on any atom is 0.334 e. The summed E-state index contributed by atoms with van der Waals surface area (Å²) >= 11 is 0. The van der Waals surface area contributed by atoms with Gasteiger partial charge in [-0.15, -0.1) is 0 Å². The normalized spacial score (nSPS) is 25.4. The van der Waals surface area contributed by atoms with Crippen LogP contribution in [0, 0.1) is 24.2 Å². The first-order chi connectivity index (χ1) is 21.0. The first-order valence-corrected chi connectivity index (χ1v) is 14.4. The van der Waals surface area contributed by atoms with Crippen LogP contribution in [0.1, 0.15) is 25.3 Å². The number of ether oxygens (including phenoxy) is 2. The van der Waals surface area contributed by atoms with Crippen LogP contribution in [0.15, 0.2) is 36.8 Å². The zero-order chi connectivity index (χ0) is 31.7. The summed E-state index contributed by atoms with van der Waals surface area (Å²) in [7, 11) is 3.48. The Balaban J connectivity index is 1.41. The molecule has 2 aromatic heterocycles. The van der Waals surface area contributed by atoms with Gasteiger partial charge in [-0.2, -0.15) is 5.26 Å². The van der Waals surface area contributed by atoms with Crippen molar-refractivity contribution in [3.63, 3.8) is 0 Å². The van der Waals surface area contributed by atoms with Crippen LogP contribution in [0.4, 0.5) is 16.3 Å². The summed E-state index contributed by atoms with van der Waals surface area (Å²) in [6.07, 6.45) is -1.81. The number of hydrogen-bond donors (Lipinski definition) is 3. The summed E-state index contributed by atoms with van der Waals surface area (Å²) < 4.78 is 12.7. The third-order valence-electron chi connectivity index (χ3n) is 8.46. The van der Waals surface area contributed by atoms with Crippen LogP contribution in [-0.4, -0.2) is 111 Å². The number of rotatable bonds is 6. The molecule has 234 valence electrons. The van der Waals surface area contributed by atoms with E-state index >= 15 is 0 Å². The fourth-order valence-corrected chi connectivity index (χ4v) is 5.75. The van der Waals surface area contributed by atoms with Crippen LogP contribution >= 0.6 is 0 Å². The van der Waals surface area contributed by atoms with Gasteiger partial charge in [0.05, 0.1) is 29.8 Å². The molecule has 1 unspecified atom stereocenters. The molecule has 0 radical (unpaired) electrons. The maximum absolute atomic E-state index is 13.9. The van der Waals surface area contributed by atoms with Crippen LogP contribution in [0.25, 0.3) is 11.0 Å². The molecule has 0 spiro atoms.